The zero-order chi connectivity index (χ0) is 18.6. The van der Waals surface area contributed by atoms with E-state index in [0.29, 0.717) is 13.1 Å². The van der Waals surface area contributed by atoms with Crippen LogP contribution in [-0.2, 0) is 4.79 Å². The van der Waals surface area contributed by atoms with E-state index in [1.54, 1.807) is 16.2 Å². The lowest BCUT2D eigenvalue weighted by Crippen LogP contribution is -2.41. The Labute approximate surface area is 163 Å². The number of benzene rings is 2. The van der Waals surface area contributed by atoms with Crippen molar-refractivity contribution in [3.05, 3.63) is 66.2 Å². The first kappa shape index (κ1) is 17.9. The van der Waals surface area contributed by atoms with Gasteiger partial charge in [-0.05, 0) is 36.6 Å². The second kappa shape index (κ2) is 8.03. The second-order valence-electron chi connectivity index (χ2n) is 6.68. The molecule has 0 aliphatic carbocycles. The first-order valence-electron chi connectivity index (χ1n) is 9.37. The lowest BCUT2D eigenvalue weighted by molar-refractivity contribution is -0.119. The molecule has 0 unspecified atom stereocenters. The molecule has 138 valence electrons. The largest absolute Gasteiger partial charge is 0.290 e. The Morgan fingerprint density at radius 1 is 1.15 bits per heavy atom. The lowest BCUT2D eigenvalue weighted by atomic mass is 10.00. The summed E-state index contributed by atoms with van der Waals surface area (Å²) in [6, 6.07) is 18.5. The number of fused-ring (bicyclic) bond motifs is 1. The minimum Gasteiger partial charge on any atom is -0.290 e. The van der Waals surface area contributed by atoms with Gasteiger partial charge in [0.2, 0.25) is 5.91 Å². The van der Waals surface area contributed by atoms with Crippen molar-refractivity contribution < 1.29 is 4.79 Å². The maximum atomic E-state index is 12.9. The summed E-state index contributed by atoms with van der Waals surface area (Å²) in [6.45, 7) is 4.80. The van der Waals surface area contributed by atoms with Crippen LogP contribution in [0.2, 0.25) is 0 Å². The van der Waals surface area contributed by atoms with Gasteiger partial charge < -0.3 is 0 Å². The van der Waals surface area contributed by atoms with Crippen molar-refractivity contribution in [1.82, 2.24) is 9.88 Å². The molecule has 1 aliphatic rings. The van der Waals surface area contributed by atoms with Gasteiger partial charge in [-0.3, -0.25) is 14.6 Å². The average molecular weight is 378 g/mol. The molecule has 2 aromatic carbocycles. The van der Waals surface area contributed by atoms with Crippen LogP contribution >= 0.6 is 11.3 Å². The van der Waals surface area contributed by atoms with E-state index < -0.39 is 0 Å². The summed E-state index contributed by atoms with van der Waals surface area (Å²) in [7, 11) is 0. The molecule has 0 saturated heterocycles. The molecule has 0 fully saturated rings. The Kier molecular flexibility index (Phi) is 5.32. The van der Waals surface area contributed by atoms with E-state index in [9.17, 15) is 4.79 Å². The predicted octanol–water partition coefficient (Wildman–Crippen LogP) is 4.44. The Balaban J connectivity index is 1.43. The van der Waals surface area contributed by atoms with Crippen molar-refractivity contribution in [2.45, 2.75) is 13.3 Å². The number of nitrogens with zero attached hydrogens (tertiary/aromatic N) is 3. The van der Waals surface area contributed by atoms with Crippen molar-refractivity contribution in [2.24, 2.45) is 0 Å². The smallest absolute Gasteiger partial charge is 0.242 e. The maximum absolute atomic E-state index is 12.9. The zero-order valence-electron chi connectivity index (χ0n) is 15.5. The highest BCUT2D eigenvalue weighted by Gasteiger charge is 2.22. The fraction of sp³-hybridized carbons (Fsp3) is 0.273. The van der Waals surface area contributed by atoms with Gasteiger partial charge in [0.05, 0.1) is 16.8 Å². The topological polar surface area (TPSA) is 36.4 Å². The van der Waals surface area contributed by atoms with Crippen LogP contribution in [0.4, 0.5) is 5.13 Å². The summed E-state index contributed by atoms with van der Waals surface area (Å²) in [5, 5.41) is 0.793. The van der Waals surface area contributed by atoms with Crippen molar-refractivity contribution >= 4 is 38.2 Å². The Morgan fingerprint density at radius 2 is 1.93 bits per heavy atom. The number of carbonyl (C=O) groups excluding carboxylic acids is 1. The molecule has 1 aliphatic heterocycles. The lowest BCUT2D eigenvalue weighted by Gasteiger charge is -2.28. The number of carbonyl (C=O) groups is 1. The van der Waals surface area contributed by atoms with Crippen LogP contribution in [0.5, 0.6) is 0 Å². The standard InChI is InChI=1S/C22H23N3OS/c1-2-25(22-23-19-10-6-7-11-20(19)27-22)21(26)16-24-14-12-18(13-15-24)17-8-4-3-5-9-17/h3-12H,2,13-16H2,1H3. The van der Waals surface area contributed by atoms with Crippen LogP contribution in [0.25, 0.3) is 15.8 Å². The molecule has 2 heterocycles. The van der Waals surface area contributed by atoms with E-state index in [0.717, 1.165) is 34.9 Å². The highest BCUT2D eigenvalue weighted by Crippen LogP contribution is 2.29. The quantitative estimate of drug-likeness (QED) is 0.660. The number of thiazole rings is 1. The molecule has 0 spiro atoms. The van der Waals surface area contributed by atoms with Crippen LogP contribution in [0.15, 0.2) is 60.7 Å². The van der Waals surface area contributed by atoms with E-state index in [2.05, 4.69) is 46.3 Å². The molecule has 0 N–H and O–H groups in total. The molecule has 0 bridgehead atoms. The number of rotatable bonds is 5. The third-order valence-corrected chi connectivity index (χ3v) is 5.99. The molecule has 4 nitrogen and oxygen atoms in total. The normalized spacial score (nSPS) is 14.9. The van der Waals surface area contributed by atoms with Gasteiger partial charge in [-0.15, -0.1) is 0 Å². The van der Waals surface area contributed by atoms with E-state index in [1.165, 1.54) is 11.1 Å². The summed E-state index contributed by atoms with van der Waals surface area (Å²) in [5.41, 5.74) is 3.61. The number of hydrogen-bond donors (Lipinski definition) is 0. The molecule has 3 aromatic rings. The van der Waals surface area contributed by atoms with E-state index >= 15 is 0 Å². The monoisotopic (exact) mass is 377 g/mol. The van der Waals surface area contributed by atoms with Gasteiger partial charge in [-0.2, -0.15) is 0 Å². The van der Waals surface area contributed by atoms with Crippen molar-refractivity contribution in [3.8, 4) is 0 Å². The summed E-state index contributed by atoms with van der Waals surface area (Å²) >= 11 is 1.58. The third-order valence-electron chi connectivity index (χ3n) is 4.93. The van der Waals surface area contributed by atoms with Gasteiger partial charge in [-0.1, -0.05) is 59.9 Å². The highest BCUT2D eigenvalue weighted by molar-refractivity contribution is 7.22. The minimum atomic E-state index is 0.119. The Bertz CT molecular complexity index is 931. The van der Waals surface area contributed by atoms with E-state index in [4.69, 9.17) is 0 Å². The number of likely N-dealkylation sites (N-methyl/N-ethyl adjacent to an activating group) is 1. The van der Waals surface area contributed by atoms with Gasteiger partial charge >= 0.3 is 0 Å². The van der Waals surface area contributed by atoms with E-state index in [1.807, 2.05) is 31.2 Å². The van der Waals surface area contributed by atoms with Crippen molar-refractivity contribution in [1.29, 1.82) is 0 Å². The number of para-hydroxylation sites is 1. The molecule has 0 atom stereocenters. The zero-order valence-corrected chi connectivity index (χ0v) is 16.3. The number of amides is 1. The fourth-order valence-corrected chi connectivity index (χ4v) is 4.49. The first-order chi connectivity index (χ1) is 13.2. The Morgan fingerprint density at radius 3 is 2.63 bits per heavy atom. The van der Waals surface area contributed by atoms with Crippen LogP contribution in [-0.4, -0.2) is 42.0 Å². The average Bonchev–Trinajstić information content (AvgIpc) is 3.13. The molecule has 27 heavy (non-hydrogen) atoms. The highest BCUT2D eigenvalue weighted by atomic mass is 32.1. The number of anilines is 1. The molecule has 0 radical (unpaired) electrons. The van der Waals surface area contributed by atoms with Gasteiger partial charge in [0, 0.05) is 19.6 Å². The van der Waals surface area contributed by atoms with Gasteiger partial charge in [0.15, 0.2) is 5.13 Å². The van der Waals surface area contributed by atoms with Crippen LogP contribution < -0.4 is 4.90 Å². The first-order valence-corrected chi connectivity index (χ1v) is 10.2. The van der Waals surface area contributed by atoms with Gasteiger partial charge in [-0.25, -0.2) is 4.98 Å². The molecular weight excluding hydrogens is 354 g/mol. The van der Waals surface area contributed by atoms with Crippen molar-refractivity contribution in [2.75, 3.05) is 31.1 Å². The molecule has 4 rings (SSSR count). The van der Waals surface area contributed by atoms with Gasteiger partial charge in [0.1, 0.15) is 0 Å². The molecule has 0 saturated carbocycles. The summed E-state index contributed by atoms with van der Waals surface area (Å²) in [4.78, 5) is 21.6. The summed E-state index contributed by atoms with van der Waals surface area (Å²) in [6.07, 6.45) is 3.23. The van der Waals surface area contributed by atoms with Gasteiger partial charge in [0.25, 0.3) is 0 Å². The molecule has 1 aromatic heterocycles. The second-order valence-corrected chi connectivity index (χ2v) is 7.69. The SMILES string of the molecule is CCN(C(=O)CN1CC=C(c2ccccc2)CC1)c1nc2ccccc2s1. The third kappa shape index (κ3) is 3.94. The van der Waals surface area contributed by atoms with Crippen LogP contribution in [0, 0.1) is 0 Å². The summed E-state index contributed by atoms with van der Waals surface area (Å²) in [5.74, 6) is 0.119. The number of hydrogen-bond acceptors (Lipinski definition) is 4. The Hall–Kier alpha value is -2.50. The minimum absolute atomic E-state index is 0.119. The maximum Gasteiger partial charge on any atom is 0.242 e. The fourth-order valence-electron chi connectivity index (χ4n) is 3.44. The predicted molar refractivity (Wildman–Crippen MR) is 113 cm³/mol. The molecule has 5 heteroatoms. The van der Waals surface area contributed by atoms with Crippen molar-refractivity contribution in [3.63, 3.8) is 0 Å². The summed E-state index contributed by atoms with van der Waals surface area (Å²) < 4.78 is 1.12. The molecule has 1 amide bonds. The van der Waals surface area contributed by atoms with Crippen LogP contribution in [0.1, 0.15) is 18.9 Å². The number of aromatic nitrogens is 1. The molecular formula is C22H23N3OS. The van der Waals surface area contributed by atoms with Crippen LogP contribution in [0.3, 0.4) is 0 Å². The van der Waals surface area contributed by atoms with E-state index in [-0.39, 0.29) is 5.91 Å².